The Balaban J connectivity index is 0.00000242. The van der Waals surface area contributed by atoms with Crippen molar-refractivity contribution >= 4 is 18.3 Å². The van der Waals surface area contributed by atoms with E-state index in [0.717, 1.165) is 12.0 Å². The van der Waals surface area contributed by atoms with Crippen LogP contribution in [-0.2, 0) is 16.1 Å². The van der Waals surface area contributed by atoms with Crippen LogP contribution >= 0.6 is 12.4 Å². The molecule has 1 aliphatic rings. The van der Waals surface area contributed by atoms with Crippen molar-refractivity contribution in [3.63, 3.8) is 0 Å². The number of hydrogen-bond donors (Lipinski definition) is 2. The van der Waals surface area contributed by atoms with Crippen LogP contribution in [0, 0.1) is 0 Å². The first-order valence-electron chi connectivity index (χ1n) is 7.02. The zero-order valence-corrected chi connectivity index (χ0v) is 13.7. The summed E-state index contributed by atoms with van der Waals surface area (Å²) >= 11 is 0. The lowest BCUT2D eigenvalue weighted by Crippen LogP contribution is -2.35. The van der Waals surface area contributed by atoms with Crippen molar-refractivity contribution in [3.05, 3.63) is 23.8 Å². The van der Waals surface area contributed by atoms with E-state index in [0.29, 0.717) is 31.0 Å². The van der Waals surface area contributed by atoms with Crippen LogP contribution < -0.4 is 20.5 Å². The van der Waals surface area contributed by atoms with Crippen LogP contribution in [0.5, 0.6) is 11.5 Å². The fourth-order valence-corrected chi connectivity index (χ4v) is 2.37. The van der Waals surface area contributed by atoms with E-state index in [9.17, 15) is 4.79 Å². The maximum absolute atomic E-state index is 12.1. The average Bonchev–Trinajstić information content (AvgIpc) is 3.01. The van der Waals surface area contributed by atoms with Crippen LogP contribution in [0.2, 0.25) is 0 Å². The van der Waals surface area contributed by atoms with Gasteiger partial charge in [0.05, 0.1) is 20.3 Å². The summed E-state index contributed by atoms with van der Waals surface area (Å²) in [6.07, 6.45) is 1.15. The van der Waals surface area contributed by atoms with E-state index in [4.69, 9.17) is 19.9 Å². The molecule has 1 aliphatic heterocycles. The lowest BCUT2D eigenvalue weighted by atomic mass is 10.1. The van der Waals surface area contributed by atoms with Gasteiger partial charge in [-0.2, -0.15) is 0 Å². The van der Waals surface area contributed by atoms with Gasteiger partial charge in [-0.3, -0.25) is 4.79 Å². The Labute approximate surface area is 136 Å². The van der Waals surface area contributed by atoms with Crippen LogP contribution in [0.4, 0.5) is 0 Å². The SMILES string of the molecule is COc1ccc(CNC(=O)[C@@H]2CC[C@H](CN)O2)c(OC)c1.Cl. The number of rotatable bonds is 6. The minimum absolute atomic E-state index is 0. The molecule has 0 radical (unpaired) electrons. The van der Waals surface area contributed by atoms with Gasteiger partial charge < -0.3 is 25.3 Å². The Kier molecular flexibility index (Phi) is 7.44. The Bertz CT molecular complexity index is 498. The van der Waals surface area contributed by atoms with Crippen molar-refractivity contribution in [3.8, 4) is 11.5 Å². The monoisotopic (exact) mass is 330 g/mol. The number of nitrogens with two attached hydrogens (primary N) is 1. The van der Waals surface area contributed by atoms with Gasteiger partial charge in [0.15, 0.2) is 0 Å². The van der Waals surface area contributed by atoms with E-state index in [2.05, 4.69) is 5.32 Å². The summed E-state index contributed by atoms with van der Waals surface area (Å²) in [5.41, 5.74) is 6.43. The van der Waals surface area contributed by atoms with Crippen molar-refractivity contribution in [1.29, 1.82) is 0 Å². The van der Waals surface area contributed by atoms with E-state index < -0.39 is 6.10 Å². The molecule has 3 N–H and O–H groups in total. The van der Waals surface area contributed by atoms with Crippen LogP contribution in [0.15, 0.2) is 18.2 Å². The highest BCUT2D eigenvalue weighted by Gasteiger charge is 2.29. The van der Waals surface area contributed by atoms with Gasteiger partial charge in [0.25, 0.3) is 0 Å². The largest absolute Gasteiger partial charge is 0.497 e. The van der Waals surface area contributed by atoms with Gasteiger partial charge >= 0.3 is 0 Å². The highest BCUT2D eigenvalue weighted by atomic mass is 35.5. The summed E-state index contributed by atoms with van der Waals surface area (Å²) < 4.78 is 16.0. The number of carbonyl (C=O) groups excluding carboxylic acids is 1. The van der Waals surface area contributed by atoms with E-state index in [1.54, 1.807) is 20.3 Å². The predicted octanol–water partition coefficient (Wildman–Crippen LogP) is 1.25. The zero-order valence-electron chi connectivity index (χ0n) is 12.8. The molecule has 1 aromatic rings. The molecule has 0 saturated carbocycles. The molecule has 0 bridgehead atoms. The molecule has 22 heavy (non-hydrogen) atoms. The van der Waals surface area contributed by atoms with Gasteiger partial charge in [-0.1, -0.05) is 0 Å². The van der Waals surface area contributed by atoms with E-state index in [1.165, 1.54) is 0 Å². The number of nitrogens with one attached hydrogen (secondary N) is 1. The van der Waals surface area contributed by atoms with Crippen molar-refractivity contribution in [2.75, 3.05) is 20.8 Å². The standard InChI is InChI=1S/C15H22N2O4.ClH/c1-19-11-4-3-10(14(7-11)20-2)9-17-15(18)13-6-5-12(8-16)21-13;/h3-4,7,12-13H,5-6,8-9,16H2,1-2H3,(H,17,18);1H/t12-,13+;/m1./s1. The molecule has 124 valence electrons. The molecular formula is C15H23ClN2O4. The summed E-state index contributed by atoms with van der Waals surface area (Å²) in [7, 11) is 3.19. The molecule has 0 aliphatic carbocycles. The Morgan fingerprint density at radius 1 is 1.36 bits per heavy atom. The van der Waals surface area contributed by atoms with Crippen LogP contribution in [0.1, 0.15) is 18.4 Å². The molecule has 1 amide bonds. The molecule has 7 heteroatoms. The number of benzene rings is 1. The highest BCUT2D eigenvalue weighted by Crippen LogP contribution is 2.25. The van der Waals surface area contributed by atoms with Gasteiger partial charge in [-0.25, -0.2) is 0 Å². The number of carbonyl (C=O) groups is 1. The summed E-state index contributed by atoms with van der Waals surface area (Å²) in [4.78, 5) is 12.1. The fourth-order valence-electron chi connectivity index (χ4n) is 2.37. The second kappa shape index (κ2) is 8.82. The second-order valence-corrected chi connectivity index (χ2v) is 4.96. The third-order valence-corrected chi connectivity index (χ3v) is 3.61. The molecule has 0 spiro atoms. The van der Waals surface area contributed by atoms with Crippen LogP contribution in [-0.4, -0.2) is 38.9 Å². The van der Waals surface area contributed by atoms with Crippen molar-refractivity contribution in [1.82, 2.24) is 5.32 Å². The third kappa shape index (κ3) is 4.50. The summed E-state index contributed by atoms with van der Waals surface area (Å²) in [6.45, 7) is 0.842. The van der Waals surface area contributed by atoms with Crippen molar-refractivity contribution < 1.29 is 19.0 Å². The van der Waals surface area contributed by atoms with Crippen LogP contribution in [0.3, 0.4) is 0 Å². The summed E-state index contributed by atoms with van der Waals surface area (Å²) in [6, 6.07) is 5.49. The van der Waals surface area contributed by atoms with Gasteiger partial charge in [-0.15, -0.1) is 12.4 Å². The van der Waals surface area contributed by atoms with Gasteiger partial charge in [0.1, 0.15) is 17.6 Å². The number of hydrogen-bond acceptors (Lipinski definition) is 5. The lowest BCUT2D eigenvalue weighted by molar-refractivity contribution is -0.132. The maximum atomic E-state index is 12.1. The third-order valence-electron chi connectivity index (χ3n) is 3.61. The van der Waals surface area contributed by atoms with Crippen LogP contribution in [0.25, 0.3) is 0 Å². The molecular weight excluding hydrogens is 308 g/mol. The molecule has 2 rings (SSSR count). The topological polar surface area (TPSA) is 82.8 Å². The first-order valence-corrected chi connectivity index (χ1v) is 7.02. The van der Waals surface area contributed by atoms with E-state index in [1.807, 2.05) is 12.1 Å². The lowest BCUT2D eigenvalue weighted by Gasteiger charge is -2.14. The van der Waals surface area contributed by atoms with Gasteiger partial charge in [0.2, 0.25) is 5.91 Å². The van der Waals surface area contributed by atoms with Crippen molar-refractivity contribution in [2.24, 2.45) is 5.73 Å². The molecule has 0 unspecified atom stereocenters. The highest BCUT2D eigenvalue weighted by molar-refractivity contribution is 5.85. The number of halogens is 1. The normalized spacial score (nSPS) is 20.1. The first-order chi connectivity index (χ1) is 10.2. The smallest absolute Gasteiger partial charge is 0.249 e. The number of methoxy groups -OCH3 is 2. The Morgan fingerprint density at radius 2 is 2.14 bits per heavy atom. The molecule has 1 fully saturated rings. The molecule has 2 atom stereocenters. The minimum atomic E-state index is -0.400. The van der Waals surface area contributed by atoms with Crippen molar-refractivity contribution in [2.45, 2.75) is 31.6 Å². The summed E-state index contributed by atoms with van der Waals surface area (Å²) in [5.74, 6) is 1.29. The average molecular weight is 331 g/mol. The van der Waals surface area contributed by atoms with Gasteiger partial charge in [-0.05, 0) is 25.0 Å². The minimum Gasteiger partial charge on any atom is -0.497 e. The maximum Gasteiger partial charge on any atom is 0.249 e. The Morgan fingerprint density at radius 3 is 2.73 bits per heavy atom. The molecule has 1 heterocycles. The zero-order chi connectivity index (χ0) is 15.2. The summed E-state index contributed by atoms with van der Waals surface area (Å²) in [5, 5.41) is 2.87. The fraction of sp³-hybridized carbons (Fsp3) is 0.533. The first kappa shape index (κ1) is 18.5. The molecule has 1 saturated heterocycles. The number of ether oxygens (including phenoxy) is 3. The second-order valence-electron chi connectivity index (χ2n) is 4.96. The van der Waals surface area contributed by atoms with E-state index in [-0.39, 0.29) is 24.4 Å². The molecule has 1 aromatic carbocycles. The quantitative estimate of drug-likeness (QED) is 0.820. The Hall–Kier alpha value is -1.50. The molecule has 0 aromatic heterocycles. The number of amides is 1. The van der Waals surface area contributed by atoms with E-state index >= 15 is 0 Å². The molecule has 6 nitrogen and oxygen atoms in total. The van der Waals surface area contributed by atoms with Gasteiger partial charge in [0, 0.05) is 24.7 Å². The predicted molar refractivity (Wildman–Crippen MR) is 85.6 cm³/mol.